The van der Waals surface area contributed by atoms with Crippen molar-refractivity contribution in [3.05, 3.63) is 94.6 Å². The van der Waals surface area contributed by atoms with Crippen molar-refractivity contribution in [2.24, 2.45) is 0 Å². The van der Waals surface area contributed by atoms with E-state index in [4.69, 9.17) is 4.98 Å². The molecule has 4 aromatic heterocycles. The van der Waals surface area contributed by atoms with E-state index in [1.54, 1.807) is 17.0 Å². The molecule has 0 aliphatic carbocycles. The zero-order valence-electron chi connectivity index (χ0n) is 18.3. The summed E-state index contributed by atoms with van der Waals surface area (Å²) in [6.45, 7) is 6.68. The van der Waals surface area contributed by atoms with Gasteiger partial charge >= 0.3 is 5.69 Å². The summed E-state index contributed by atoms with van der Waals surface area (Å²) in [5, 5.41) is 0. The lowest BCUT2D eigenvalue weighted by atomic mass is 10.0. The molecule has 32 heavy (non-hydrogen) atoms. The Balaban J connectivity index is 1.52. The molecule has 7 nitrogen and oxygen atoms in total. The van der Waals surface area contributed by atoms with Crippen LogP contribution in [0.5, 0.6) is 0 Å². The molecule has 160 valence electrons. The zero-order valence-corrected chi connectivity index (χ0v) is 18.3. The number of hydrogen-bond acceptors (Lipinski definition) is 4. The molecule has 0 unspecified atom stereocenters. The molecule has 0 atom stereocenters. The van der Waals surface area contributed by atoms with Gasteiger partial charge in [-0.2, -0.15) is 0 Å². The van der Waals surface area contributed by atoms with Crippen LogP contribution in [-0.2, 0) is 6.54 Å². The van der Waals surface area contributed by atoms with Gasteiger partial charge in [0.2, 0.25) is 0 Å². The maximum Gasteiger partial charge on any atom is 0.328 e. The number of pyridine rings is 1. The largest absolute Gasteiger partial charge is 0.328 e. The normalized spacial score (nSPS) is 11.5. The van der Waals surface area contributed by atoms with Gasteiger partial charge in [0, 0.05) is 29.3 Å². The summed E-state index contributed by atoms with van der Waals surface area (Å²) >= 11 is 0. The van der Waals surface area contributed by atoms with Crippen LogP contribution >= 0.6 is 0 Å². The molecule has 0 bridgehead atoms. The average Bonchev–Trinajstić information content (AvgIpc) is 3.36. The van der Waals surface area contributed by atoms with Crippen LogP contribution in [0.4, 0.5) is 0 Å². The number of H-pyrrole nitrogens is 1. The number of aromatic nitrogens is 6. The van der Waals surface area contributed by atoms with Crippen molar-refractivity contribution in [1.29, 1.82) is 0 Å². The standard InChI is InChI=1S/C25H24N6O/c1-16(2)22-20(7-4-12-26-22)23-27-14-21-24(29-23)31(25(32)28-21)15-18-8-10-19(11-9-18)30-13-5-6-17(30)3/h4-14,16H,15H2,1-3H3,(H,28,32). The molecule has 0 aliphatic rings. The van der Waals surface area contributed by atoms with E-state index < -0.39 is 0 Å². The minimum Gasteiger partial charge on any atom is -0.321 e. The number of hydrogen-bond donors (Lipinski definition) is 1. The highest BCUT2D eigenvalue weighted by atomic mass is 16.1. The van der Waals surface area contributed by atoms with Gasteiger partial charge in [0.15, 0.2) is 11.5 Å². The Kier molecular flexibility index (Phi) is 4.93. The van der Waals surface area contributed by atoms with Gasteiger partial charge in [-0.05, 0) is 54.8 Å². The molecule has 0 amide bonds. The predicted molar refractivity (Wildman–Crippen MR) is 125 cm³/mol. The number of aromatic amines is 1. The summed E-state index contributed by atoms with van der Waals surface area (Å²) in [6.07, 6.45) is 5.49. The number of benzene rings is 1. The van der Waals surface area contributed by atoms with Crippen LogP contribution in [0.2, 0.25) is 0 Å². The summed E-state index contributed by atoms with van der Waals surface area (Å²) in [5.74, 6) is 0.807. The highest BCUT2D eigenvalue weighted by molar-refractivity contribution is 5.73. The van der Waals surface area contributed by atoms with Crippen LogP contribution in [0, 0.1) is 6.92 Å². The lowest BCUT2D eigenvalue weighted by Crippen LogP contribution is -2.17. The maximum atomic E-state index is 12.7. The molecular formula is C25H24N6O. The van der Waals surface area contributed by atoms with Gasteiger partial charge in [0.1, 0.15) is 5.52 Å². The molecule has 0 saturated heterocycles. The Hall–Kier alpha value is -4.00. The van der Waals surface area contributed by atoms with Gasteiger partial charge in [-0.3, -0.25) is 9.55 Å². The summed E-state index contributed by atoms with van der Waals surface area (Å²) in [5.41, 5.74) is 6.11. The number of rotatable bonds is 5. The molecule has 4 heterocycles. The van der Waals surface area contributed by atoms with Gasteiger partial charge < -0.3 is 9.55 Å². The first kappa shape index (κ1) is 19.9. The summed E-state index contributed by atoms with van der Waals surface area (Å²) < 4.78 is 3.78. The molecule has 1 aromatic carbocycles. The summed E-state index contributed by atoms with van der Waals surface area (Å²) in [6, 6.07) is 16.2. The van der Waals surface area contributed by atoms with Crippen LogP contribution in [0.15, 0.2) is 71.9 Å². The van der Waals surface area contributed by atoms with Gasteiger partial charge in [-0.15, -0.1) is 0 Å². The molecule has 0 radical (unpaired) electrons. The zero-order chi connectivity index (χ0) is 22.2. The predicted octanol–water partition coefficient (Wildman–Crippen LogP) is 4.45. The van der Waals surface area contributed by atoms with Gasteiger partial charge in [-0.25, -0.2) is 14.8 Å². The van der Waals surface area contributed by atoms with Gasteiger partial charge in [0.25, 0.3) is 0 Å². The minimum atomic E-state index is -0.202. The van der Waals surface area contributed by atoms with E-state index in [9.17, 15) is 4.79 Å². The highest BCUT2D eigenvalue weighted by Gasteiger charge is 2.15. The fourth-order valence-electron chi connectivity index (χ4n) is 3.99. The number of fused-ring (bicyclic) bond motifs is 1. The number of aryl methyl sites for hydroxylation is 1. The molecule has 0 aliphatic heterocycles. The third-order valence-corrected chi connectivity index (χ3v) is 5.65. The van der Waals surface area contributed by atoms with E-state index in [-0.39, 0.29) is 11.6 Å². The first-order valence-corrected chi connectivity index (χ1v) is 10.7. The van der Waals surface area contributed by atoms with E-state index in [0.29, 0.717) is 23.5 Å². The van der Waals surface area contributed by atoms with Crippen LogP contribution in [0.1, 0.15) is 36.7 Å². The van der Waals surface area contributed by atoms with E-state index in [1.165, 1.54) is 5.69 Å². The summed E-state index contributed by atoms with van der Waals surface area (Å²) in [4.78, 5) is 29.3. The third kappa shape index (κ3) is 3.51. The fraction of sp³-hybridized carbons (Fsp3) is 0.200. The first-order valence-electron chi connectivity index (χ1n) is 10.7. The molecule has 7 heteroatoms. The lowest BCUT2D eigenvalue weighted by molar-refractivity contribution is 0.777. The van der Waals surface area contributed by atoms with E-state index in [1.807, 2.05) is 36.5 Å². The SMILES string of the molecule is Cc1cccn1-c1ccc(Cn2c(=O)[nH]c3cnc(-c4cccnc4C(C)C)nc32)cc1. The second-order valence-corrected chi connectivity index (χ2v) is 8.22. The third-order valence-electron chi connectivity index (χ3n) is 5.65. The van der Waals surface area contributed by atoms with Gasteiger partial charge in [0.05, 0.1) is 18.4 Å². The Morgan fingerprint density at radius 3 is 2.56 bits per heavy atom. The molecule has 0 spiro atoms. The van der Waals surface area contributed by atoms with Crippen molar-refractivity contribution in [3.63, 3.8) is 0 Å². The van der Waals surface area contributed by atoms with Crippen molar-refractivity contribution in [2.75, 3.05) is 0 Å². The Morgan fingerprint density at radius 1 is 1.03 bits per heavy atom. The molecule has 5 aromatic rings. The fourth-order valence-corrected chi connectivity index (χ4v) is 3.99. The van der Waals surface area contributed by atoms with Crippen LogP contribution in [0.3, 0.4) is 0 Å². The van der Waals surface area contributed by atoms with Crippen molar-refractivity contribution in [1.82, 2.24) is 29.1 Å². The molecular weight excluding hydrogens is 400 g/mol. The van der Waals surface area contributed by atoms with Crippen molar-refractivity contribution in [3.8, 4) is 17.1 Å². The summed E-state index contributed by atoms with van der Waals surface area (Å²) in [7, 11) is 0. The minimum absolute atomic E-state index is 0.202. The van der Waals surface area contributed by atoms with Gasteiger partial charge in [-0.1, -0.05) is 26.0 Å². The van der Waals surface area contributed by atoms with Crippen molar-refractivity contribution >= 4 is 11.2 Å². The number of imidazole rings is 1. The molecule has 0 saturated carbocycles. The second kappa shape index (κ2) is 7.92. The quantitative estimate of drug-likeness (QED) is 0.452. The Bertz CT molecular complexity index is 1460. The average molecular weight is 425 g/mol. The topological polar surface area (TPSA) is 81.4 Å². The monoisotopic (exact) mass is 424 g/mol. The van der Waals surface area contributed by atoms with E-state index >= 15 is 0 Å². The molecule has 1 N–H and O–H groups in total. The maximum absolute atomic E-state index is 12.7. The van der Waals surface area contributed by atoms with E-state index in [2.05, 4.69) is 58.5 Å². The Morgan fingerprint density at radius 2 is 1.84 bits per heavy atom. The van der Waals surface area contributed by atoms with Crippen LogP contribution in [0.25, 0.3) is 28.2 Å². The van der Waals surface area contributed by atoms with E-state index in [0.717, 1.165) is 22.5 Å². The second-order valence-electron chi connectivity index (χ2n) is 8.22. The van der Waals surface area contributed by atoms with Crippen molar-refractivity contribution in [2.45, 2.75) is 33.2 Å². The van der Waals surface area contributed by atoms with Crippen molar-refractivity contribution < 1.29 is 0 Å². The molecule has 0 fully saturated rings. The Labute approximate surface area is 185 Å². The van der Waals surface area contributed by atoms with Crippen LogP contribution < -0.4 is 5.69 Å². The first-order chi connectivity index (χ1) is 15.5. The van der Waals surface area contributed by atoms with Crippen LogP contribution in [-0.4, -0.2) is 29.1 Å². The molecule has 5 rings (SSSR count). The smallest absolute Gasteiger partial charge is 0.321 e. The number of nitrogens with one attached hydrogen (secondary N) is 1. The highest BCUT2D eigenvalue weighted by Crippen LogP contribution is 2.25. The lowest BCUT2D eigenvalue weighted by Gasteiger charge is -2.11. The number of nitrogens with zero attached hydrogens (tertiary/aromatic N) is 5.